The lowest BCUT2D eigenvalue weighted by Crippen LogP contribution is -2.42. The van der Waals surface area contributed by atoms with Gasteiger partial charge in [0.2, 0.25) is 5.91 Å². The number of carbonyl (C=O) groups excluding carboxylic acids is 2. The number of benzene rings is 3. The van der Waals surface area contributed by atoms with E-state index in [0.717, 1.165) is 10.1 Å². The molecule has 0 saturated heterocycles. The van der Waals surface area contributed by atoms with Crippen molar-refractivity contribution in [3.8, 4) is 0 Å². The predicted molar refractivity (Wildman–Crippen MR) is 136 cm³/mol. The number of ketones is 1. The van der Waals surface area contributed by atoms with Gasteiger partial charge in [0.15, 0.2) is 5.78 Å². The molecular weight excluding hydrogens is 466 g/mol. The normalized spacial score (nSPS) is 10.9. The molecule has 0 atom stereocenters. The summed E-state index contributed by atoms with van der Waals surface area (Å²) in [5, 5.41) is 3.77. The molecule has 1 N–H and O–H groups in total. The highest BCUT2D eigenvalue weighted by Gasteiger charge is 2.16. The van der Waals surface area contributed by atoms with E-state index in [9.17, 15) is 19.2 Å². The number of para-hydroxylation sites is 1. The van der Waals surface area contributed by atoms with Crippen LogP contribution in [0.2, 0.25) is 5.02 Å². The van der Waals surface area contributed by atoms with Gasteiger partial charge in [-0.05, 0) is 36.2 Å². The molecule has 0 fully saturated rings. The summed E-state index contributed by atoms with van der Waals surface area (Å²) >= 11 is 5.88. The molecule has 178 valence electrons. The SMILES string of the molecule is O=C(CCn1c(=O)c2ccccc2n(CC(=O)c2ccccc2)c1=O)NCCc1ccc(Cl)cc1. The molecule has 0 bridgehead atoms. The molecule has 0 aliphatic heterocycles. The monoisotopic (exact) mass is 489 g/mol. The van der Waals surface area contributed by atoms with Crippen LogP contribution in [0.4, 0.5) is 0 Å². The number of rotatable bonds is 9. The zero-order chi connectivity index (χ0) is 24.8. The molecule has 8 heteroatoms. The molecule has 0 aliphatic rings. The van der Waals surface area contributed by atoms with E-state index in [2.05, 4.69) is 5.32 Å². The van der Waals surface area contributed by atoms with Crippen molar-refractivity contribution < 1.29 is 9.59 Å². The van der Waals surface area contributed by atoms with E-state index in [-0.39, 0.29) is 31.2 Å². The summed E-state index contributed by atoms with van der Waals surface area (Å²) in [4.78, 5) is 51.5. The van der Waals surface area contributed by atoms with Crippen LogP contribution in [0.3, 0.4) is 0 Å². The Morgan fingerprint density at radius 1 is 0.829 bits per heavy atom. The van der Waals surface area contributed by atoms with Gasteiger partial charge in [-0.3, -0.25) is 23.5 Å². The van der Waals surface area contributed by atoms with E-state index < -0.39 is 11.2 Å². The Morgan fingerprint density at radius 2 is 1.51 bits per heavy atom. The summed E-state index contributed by atoms with van der Waals surface area (Å²) in [5.74, 6) is -0.520. The molecule has 3 aromatic carbocycles. The van der Waals surface area contributed by atoms with Crippen molar-refractivity contribution in [1.29, 1.82) is 0 Å². The van der Waals surface area contributed by atoms with Crippen LogP contribution in [0.15, 0.2) is 88.5 Å². The molecule has 0 saturated carbocycles. The minimum absolute atomic E-state index is 0.0409. The van der Waals surface area contributed by atoms with Crippen molar-refractivity contribution in [3.05, 3.63) is 116 Å². The van der Waals surface area contributed by atoms with Crippen LogP contribution in [0, 0.1) is 0 Å². The minimum Gasteiger partial charge on any atom is -0.356 e. The molecule has 35 heavy (non-hydrogen) atoms. The van der Waals surface area contributed by atoms with Gasteiger partial charge in [-0.1, -0.05) is 66.2 Å². The highest BCUT2D eigenvalue weighted by Crippen LogP contribution is 2.11. The van der Waals surface area contributed by atoms with Crippen LogP contribution >= 0.6 is 11.6 Å². The second kappa shape index (κ2) is 11.0. The number of hydrogen-bond acceptors (Lipinski definition) is 4. The van der Waals surface area contributed by atoms with Gasteiger partial charge in [0.05, 0.1) is 17.4 Å². The van der Waals surface area contributed by atoms with E-state index in [0.29, 0.717) is 34.5 Å². The predicted octanol–water partition coefficient (Wildman–Crippen LogP) is 3.45. The smallest absolute Gasteiger partial charge is 0.331 e. The number of amides is 1. The lowest BCUT2D eigenvalue weighted by molar-refractivity contribution is -0.121. The third-order valence-electron chi connectivity index (χ3n) is 5.74. The lowest BCUT2D eigenvalue weighted by atomic mass is 10.1. The maximum absolute atomic E-state index is 13.2. The van der Waals surface area contributed by atoms with E-state index in [1.165, 1.54) is 4.57 Å². The standard InChI is InChI=1S/C27H24ClN3O4/c28-21-12-10-19(11-13-21)14-16-29-25(33)15-17-30-26(34)22-8-4-5-9-23(22)31(27(30)35)18-24(32)20-6-2-1-3-7-20/h1-13H,14-18H2,(H,29,33). The topological polar surface area (TPSA) is 90.2 Å². The summed E-state index contributed by atoms with van der Waals surface area (Å²) in [7, 11) is 0. The Labute approximate surface area is 206 Å². The van der Waals surface area contributed by atoms with Crippen molar-refractivity contribution in [2.24, 2.45) is 0 Å². The molecule has 1 aromatic heterocycles. The van der Waals surface area contributed by atoms with Gasteiger partial charge in [-0.2, -0.15) is 0 Å². The molecule has 0 spiro atoms. The maximum atomic E-state index is 13.2. The van der Waals surface area contributed by atoms with Crippen LogP contribution in [-0.2, 0) is 24.3 Å². The van der Waals surface area contributed by atoms with Gasteiger partial charge < -0.3 is 5.32 Å². The second-order valence-electron chi connectivity index (χ2n) is 8.11. The largest absolute Gasteiger partial charge is 0.356 e. The van der Waals surface area contributed by atoms with Crippen molar-refractivity contribution in [2.75, 3.05) is 6.54 Å². The van der Waals surface area contributed by atoms with Crippen molar-refractivity contribution in [3.63, 3.8) is 0 Å². The summed E-state index contributed by atoms with van der Waals surface area (Å²) in [6.07, 6.45) is 0.591. The Morgan fingerprint density at radius 3 is 2.26 bits per heavy atom. The van der Waals surface area contributed by atoms with E-state index in [1.807, 2.05) is 12.1 Å². The molecular formula is C27H24ClN3O4. The van der Waals surface area contributed by atoms with Crippen LogP contribution in [0.25, 0.3) is 10.9 Å². The number of fused-ring (bicyclic) bond motifs is 1. The Kier molecular flexibility index (Phi) is 7.57. The van der Waals surface area contributed by atoms with Crippen molar-refractivity contribution in [1.82, 2.24) is 14.5 Å². The zero-order valence-corrected chi connectivity index (χ0v) is 19.7. The van der Waals surface area contributed by atoms with Gasteiger partial charge in [0, 0.05) is 30.1 Å². The summed E-state index contributed by atoms with van der Waals surface area (Å²) in [5.41, 5.74) is 0.790. The van der Waals surface area contributed by atoms with Gasteiger partial charge in [-0.15, -0.1) is 0 Å². The zero-order valence-electron chi connectivity index (χ0n) is 18.9. The lowest BCUT2D eigenvalue weighted by Gasteiger charge is -2.14. The molecule has 1 amide bonds. The number of hydrogen-bond donors (Lipinski definition) is 1. The van der Waals surface area contributed by atoms with Gasteiger partial charge >= 0.3 is 5.69 Å². The fourth-order valence-electron chi connectivity index (χ4n) is 3.88. The van der Waals surface area contributed by atoms with E-state index in [4.69, 9.17) is 11.6 Å². The quantitative estimate of drug-likeness (QED) is 0.365. The Hall–Kier alpha value is -3.97. The number of carbonyl (C=O) groups is 2. The number of halogens is 1. The average molecular weight is 490 g/mol. The molecule has 1 heterocycles. The number of nitrogens with zero attached hydrogens (tertiary/aromatic N) is 2. The number of aromatic nitrogens is 2. The first-order valence-corrected chi connectivity index (χ1v) is 11.6. The first-order chi connectivity index (χ1) is 16.9. The van der Waals surface area contributed by atoms with Crippen LogP contribution in [-0.4, -0.2) is 27.4 Å². The van der Waals surface area contributed by atoms with Crippen molar-refractivity contribution >= 4 is 34.2 Å². The van der Waals surface area contributed by atoms with Gasteiger partial charge in [0.1, 0.15) is 0 Å². The van der Waals surface area contributed by atoms with Gasteiger partial charge in [-0.25, -0.2) is 4.79 Å². The second-order valence-corrected chi connectivity index (χ2v) is 8.54. The average Bonchev–Trinajstić information content (AvgIpc) is 2.88. The number of Topliss-reactive ketones (excluding diaryl/α,β-unsaturated/α-hetero) is 1. The van der Waals surface area contributed by atoms with Gasteiger partial charge in [0.25, 0.3) is 5.56 Å². The molecule has 0 unspecified atom stereocenters. The molecule has 0 aliphatic carbocycles. The van der Waals surface area contributed by atoms with E-state index in [1.54, 1.807) is 66.7 Å². The van der Waals surface area contributed by atoms with Crippen LogP contribution < -0.4 is 16.6 Å². The molecule has 0 radical (unpaired) electrons. The number of nitrogens with one attached hydrogen (secondary N) is 1. The first-order valence-electron chi connectivity index (χ1n) is 11.3. The highest BCUT2D eigenvalue weighted by molar-refractivity contribution is 6.30. The Bertz CT molecular complexity index is 1470. The molecule has 4 aromatic rings. The molecule has 4 rings (SSSR count). The Balaban J connectivity index is 1.51. The third-order valence-corrected chi connectivity index (χ3v) is 5.99. The van der Waals surface area contributed by atoms with E-state index >= 15 is 0 Å². The summed E-state index contributed by atoms with van der Waals surface area (Å²) < 4.78 is 2.32. The van der Waals surface area contributed by atoms with Crippen LogP contribution in [0.5, 0.6) is 0 Å². The third kappa shape index (κ3) is 5.75. The highest BCUT2D eigenvalue weighted by atomic mass is 35.5. The molecule has 7 nitrogen and oxygen atoms in total. The fraction of sp³-hybridized carbons (Fsp3) is 0.185. The fourth-order valence-corrected chi connectivity index (χ4v) is 4.00. The summed E-state index contributed by atoms with van der Waals surface area (Å²) in [6, 6.07) is 22.7. The minimum atomic E-state index is -0.619. The first kappa shape index (κ1) is 24.2. The van der Waals surface area contributed by atoms with Crippen molar-refractivity contribution in [2.45, 2.75) is 25.9 Å². The maximum Gasteiger partial charge on any atom is 0.331 e. The van der Waals surface area contributed by atoms with Crippen LogP contribution in [0.1, 0.15) is 22.3 Å². The summed E-state index contributed by atoms with van der Waals surface area (Å²) in [6.45, 7) is 0.120.